The van der Waals surface area contributed by atoms with Gasteiger partial charge in [-0.15, -0.1) is 0 Å². The zero-order valence-electron chi connectivity index (χ0n) is 8.86. The van der Waals surface area contributed by atoms with Gasteiger partial charge in [-0.05, 0) is 19.9 Å². The number of sulfone groups is 1. The van der Waals surface area contributed by atoms with E-state index in [1.165, 1.54) is 0 Å². The molecule has 15 heavy (non-hydrogen) atoms. The third-order valence-corrected chi connectivity index (χ3v) is 4.61. The van der Waals surface area contributed by atoms with Crippen molar-refractivity contribution in [1.82, 2.24) is 5.32 Å². The van der Waals surface area contributed by atoms with Gasteiger partial charge in [-0.1, -0.05) is 0 Å². The van der Waals surface area contributed by atoms with Gasteiger partial charge in [0.25, 0.3) is 0 Å². The van der Waals surface area contributed by atoms with Gasteiger partial charge in [0.05, 0.1) is 24.0 Å². The second-order valence-corrected chi connectivity index (χ2v) is 5.94. The molecule has 0 aromatic heterocycles. The molecular formula is C9H17NO4S. The maximum Gasteiger partial charge on any atom is 0.306 e. The van der Waals surface area contributed by atoms with Crippen LogP contribution in [0.3, 0.4) is 0 Å². The van der Waals surface area contributed by atoms with Crippen LogP contribution in [0.5, 0.6) is 0 Å². The van der Waals surface area contributed by atoms with Gasteiger partial charge in [-0.25, -0.2) is 8.42 Å². The highest BCUT2D eigenvalue weighted by Gasteiger charge is 2.28. The van der Waals surface area contributed by atoms with Crippen molar-refractivity contribution < 1.29 is 17.9 Å². The van der Waals surface area contributed by atoms with Crippen LogP contribution in [0.1, 0.15) is 19.8 Å². The third-order valence-electron chi connectivity index (χ3n) is 2.42. The standard InChI is InChI=1S/C9H17NO4S/c1-2-14-9(11)4-6-15(12,13)8-3-5-10-7-8/h8,10H,2-7H2,1H3. The number of carbonyl (C=O) groups excluding carboxylic acids is 1. The second kappa shape index (κ2) is 5.46. The molecule has 88 valence electrons. The maximum atomic E-state index is 11.7. The first-order valence-electron chi connectivity index (χ1n) is 5.14. The largest absolute Gasteiger partial charge is 0.466 e. The van der Waals surface area contributed by atoms with Crippen molar-refractivity contribution in [2.75, 3.05) is 25.4 Å². The van der Waals surface area contributed by atoms with Gasteiger partial charge < -0.3 is 10.1 Å². The molecule has 1 rings (SSSR count). The fourth-order valence-corrected chi connectivity index (χ4v) is 3.19. The van der Waals surface area contributed by atoms with Crippen molar-refractivity contribution in [3.63, 3.8) is 0 Å². The SMILES string of the molecule is CCOC(=O)CCS(=O)(=O)C1CCNC1. The minimum absolute atomic E-state index is 0.0350. The van der Waals surface area contributed by atoms with Gasteiger partial charge in [-0.3, -0.25) is 4.79 Å². The highest BCUT2D eigenvalue weighted by Crippen LogP contribution is 2.11. The Balaban J connectivity index is 2.39. The zero-order chi connectivity index (χ0) is 11.3. The third kappa shape index (κ3) is 3.79. The maximum absolute atomic E-state index is 11.7. The van der Waals surface area contributed by atoms with Crippen LogP contribution in [-0.4, -0.2) is 45.1 Å². The van der Waals surface area contributed by atoms with Crippen molar-refractivity contribution in [3.8, 4) is 0 Å². The van der Waals surface area contributed by atoms with Crippen LogP contribution < -0.4 is 5.32 Å². The molecule has 0 bridgehead atoms. The summed E-state index contributed by atoms with van der Waals surface area (Å²) < 4.78 is 28.1. The number of hydrogen-bond donors (Lipinski definition) is 1. The number of carbonyl (C=O) groups is 1. The molecule has 0 aliphatic carbocycles. The molecule has 1 aliphatic heterocycles. The monoisotopic (exact) mass is 235 g/mol. The van der Waals surface area contributed by atoms with Crippen LogP contribution in [0.4, 0.5) is 0 Å². The summed E-state index contributed by atoms with van der Waals surface area (Å²) in [5.74, 6) is -0.537. The van der Waals surface area contributed by atoms with E-state index in [2.05, 4.69) is 10.1 Å². The number of ether oxygens (including phenoxy) is 1. The van der Waals surface area contributed by atoms with Crippen LogP contribution in [0.2, 0.25) is 0 Å². The van der Waals surface area contributed by atoms with Crippen LogP contribution in [0.15, 0.2) is 0 Å². The van der Waals surface area contributed by atoms with Gasteiger partial charge in [-0.2, -0.15) is 0 Å². The number of esters is 1. The summed E-state index contributed by atoms with van der Waals surface area (Å²) >= 11 is 0. The Kier molecular flexibility index (Phi) is 4.53. The average Bonchev–Trinajstić information content (AvgIpc) is 2.69. The van der Waals surface area contributed by atoms with E-state index in [9.17, 15) is 13.2 Å². The molecule has 1 unspecified atom stereocenters. The minimum Gasteiger partial charge on any atom is -0.466 e. The summed E-state index contributed by atoms with van der Waals surface area (Å²) in [7, 11) is -3.14. The summed E-state index contributed by atoms with van der Waals surface area (Å²) in [6.45, 7) is 3.24. The van der Waals surface area contributed by atoms with E-state index in [-0.39, 0.29) is 17.4 Å². The highest BCUT2D eigenvalue weighted by atomic mass is 32.2. The van der Waals surface area contributed by atoms with E-state index < -0.39 is 15.8 Å². The summed E-state index contributed by atoms with van der Waals surface area (Å²) in [6.07, 6.45) is 0.609. The number of nitrogens with one attached hydrogen (secondary N) is 1. The van der Waals surface area contributed by atoms with E-state index in [0.29, 0.717) is 19.6 Å². The summed E-state index contributed by atoms with van der Waals surface area (Å²) in [4.78, 5) is 11.0. The lowest BCUT2D eigenvalue weighted by atomic mass is 10.4. The molecule has 1 fully saturated rings. The van der Waals surface area contributed by atoms with Crippen LogP contribution in [-0.2, 0) is 19.4 Å². The van der Waals surface area contributed by atoms with E-state index in [4.69, 9.17) is 0 Å². The Morgan fingerprint density at radius 2 is 2.27 bits per heavy atom. The molecule has 0 aromatic carbocycles. The molecule has 0 spiro atoms. The summed E-state index contributed by atoms with van der Waals surface area (Å²) in [5, 5.41) is 2.67. The summed E-state index contributed by atoms with van der Waals surface area (Å²) in [5.41, 5.74) is 0. The Bertz CT molecular complexity index is 306. The molecule has 0 amide bonds. The van der Waals surface area contributed by atoms with E-state index in [1.54, 1.807) is 6.92 Å². The van der Waals surface area contributed by atoms with Crippen molar-refractivity contribution in [1.29, 1.82) is 0 Å². The Morgan fingerprint density at radius 1 is 1.53 bits per heavy atom. The molecule has 5 nitrogen and oxygen atoms in total. The van der Waals surface area contributed by atoms with E-state index in [0.717, 1.165) is 6.54 Å². The van der Waals surface area contributed by atoms with Gasteiger partial charge in [0.2, 0.25) is 0 Å². The normalized spacial score (nSPS) is 21.5. The molecule has 0 aromatic rings. The molecular weight excluding hydrogens is 218 g/mol. The van der Waals surface area contributed by atoms with Crippen LogP contribution in [0, 0.1) is 0 Å². The molecule has 0 radical (unpaired) electrons. The van der Waals surface area contributed by atoms with Crippen molar-refractivity contribution >= 4 is 15.8 Å². The predicted octanol–water partition coefficient (Wildman–Crippen LogP) is -0.284. The number of rotatable bonds is 5. The lowest BCUT2D eigenvalue weighted by molar-refractivity contribution is -0.142. The number of hydrogen-bond acceptors (Lipinski definition) is 5. The molecule has 1 aliphatic rings. The molecule has 1 N–H and O–H groups in total. The van der Waals surface area contributed by atoms with E-state index in [1.807, 2.05) is 0 Å². The highest BCUT2D eigenvalue weighted by molar-refractivity contribution is 7.92. The first-order valence-corrected chi connectivity index (χ1v) is 6.85. The van der Waals surface area contributed by atoms with Crippen LogP contribution >= 0.6 is 0 Å². The average molecular weight is 235 g/mol. The molecule has 6 heteroatoms. The second-order valence-electron chi connectivity index (χ2n) is 3.54. The Morgan fingerprint density at radius 3 is 2.80 bits per heavy atom. The summed E-state index contributed by atoms with van der Waals surface area (Å²) in [6, 6.07) is 0. The van der Waals surface area contributed by atoms with Gasteiger partial charge in [0.15, 0.2) is 9.84 Å². The zero-order valence-corrected chi connectivity index (χ0v) is 9.68. The molecule has 1 heterocycles. The fraction of sp³-hybridized carbons (Fsp3) is 0.889. The lowest BCUT2D eigenvalue weighted by Crippen LogP contribution is -2.27. The minimum atomic E-state index is -3.14. The Hall–Kier alpha value is -0.620. The predicted molar refractivity (Wildman–Crippen MR) is 56.3 cm³/mol. The molecule has 1 atom stereocenters. The fourth-order valence-electron chi connectivity index (χ4n) is 1.56. The first-order chi connectivity index (χ1) is 7.06. The van der Waals surface area contributed by atoms with Crippen molar-refractivity contribution in [3.05, 3.63) is 0 Å². The van der Waals surface area contributed by atoms with E-state index >= 15 is 0 Å². The molecule has 1 saturated heterocycles. The first kappa shape index (κ1) is 12.4. The van der Waals surface area contributed by atoms with Crippen molar-refractivity contribution in [2.24, 2.45) is 0 Å². The van der Waals surface area contributed by atoms with Crippen molar-refractivity contribution in [2.45, 2.75) is 25.0 Å². The van der Waals surface area contributed by atoms with Gasteiger partial charge in [0, 0.05) is 6.54 Å². The molecule has 0 saturated carbocycles. The Labute approximate surface area is 90.1 Å². The topological polar surface area (TPSA) is 72.5 Å². The van der Waals surface area contributed by atoms with Gasteiger partial charge >= 0.3 is 5.97 Å². The van der Waals surface area contributed by atoms with Gasteiger partial charge in [0.1, 0.15) is 0 Å². The smallest absolute Gasteiger partial charge is 0.306 e. The van der Waals surface area contributed by atoms with Crippen LogP contribution in [0.25, 0.3) is 0 Å². The quantitative estimate of drug-likeness (QED) is 0.663. The lowest BCUT2D eigenvalue weighted by Gasteiger charge is -2.09.